The molecule has 542 valence electrons. The summed E-state index contributed by atoms with van der Waals surface area (Å²) in [6, 6.07) is 0. The van der Waals surface area contributed by atoms with Gasteiger partial charge in [0.25, 0.3) is 0 Å². The predicted octanol–water partition coefficient (Wildman–Crippen LogP) is 20.6. The molecule has 92 heavy (non-hydrogen) atoms. The number of aliphatic hydroxyl groups excluding tert-OH is 1. The predicted molar refractivity (Wildman–Crippen MR) is 372 cm³/mol. The number of hydrogen-bond donors (Lipinski definition) is 3. The molecule has 0 amide bonds. The summed E-state index contributed by atoms with van der Waals surface area (Å²) in [6.45, 7) is 11.7. The summed E-state index contributed by atoms with van der Waals surface area (Å²) in [5, 5.41) is 10.6. The summed E-state index contributed by atoms with van der Waals surface area (Å²) in [4.78, 5) is 72.6. The second-order valence-electron chi connectivity index (χ2n) is 26.8. The average Bonchev–Trinajstić information content (AvgIpc) is 1.48. The lowest BCUT2D eigenvalue weighted by atomic mass is 10.00. The summed E-state index contributed by atoms with van der Waals surface area (Å²) in [5.41, 5.74) is 0. The van der Waals surface area contributed by atoms with Crippen molar-refractivity contribution in [3.05, 3.63) is 24.3 Å². The van der Waals surface area contributed by atoms with Gasteiger partial charge in [0.2, 0.25) is 0 Å². The maximum absolute atomic E-state index is 13.0. The number of allylic oxidation sites excluding steroid dienone is 4. The molecule has 17 nitrogen and oxygen atoms in total. The first kappa shape index (κ1) is 89.5. The van der Waals surface area contributed by atoms with Gasteiger partial charge in [-0.25, -0.2) is 9.13 Å². The number of carbonyl (C=O) groups excluding carboxylic acids is 4. The molecule has 0 aromatic rings. The standard InChI is InChI=1S/C73H138O17P2/c1-8-10-11-12-13-14-15-16-17-20-24-27-34-42-49-56-72(77)89-68(60-83-70(75)54-47-40-32-26-23-21-18-19-22-25-30-37-44-51-64(3)4)62-87-91(79,80)85-58-67(74)59-86-92(81,82)88-63-69(90-73(78)57-50-43-36-35-39-46-53-66(7)9-2)61-84-71(76)55-48-41-33-29-28-31-38-45-52-65(5)6/h14-17,64-69,74H,8-13,18-63H2,1-7H3,(H,79,80)(H,81,82)/b15-14-,17-16-/t66?,67?,68-,69-/m1/s1. The Labute approximate surface area is 561 Å². The highest BCUT2D eigenvalue weighted by molar-refractivity contribution is 7.47. The van der Waals surface area contributed by atoms with Crippen LogP contribution < -0.4 is 0 Å². The number of unbranched alkanes of at least 4 members (excludes halogenated alkanes) is 33. The van der Waals surface area contributed by atoms with Gasteiger partial charge >= 0.3 is 39.5 Å². The number of ether oxygens (including phenoxy) is 4. The van der Waals surface area contributed by atoms with Crippen LogP contribution in [0.3, 0.4) is 0 Å². The van der Waals surface area contributed by atoms with Crippen molar-refractivity contribution < 1.29 is 80.2 Å². The highest BCUT2D eigenvalue weighted by Gasteiger charge is 2.30. The van der Waals surface area contributed by atoms with E-state index in [1.165, 1.54) is 141 Å². The number of phosphoric acid groups is 2. The van der Waals surface area contributed by atoms with Gasteiger partial charge in [0, 0.05) is 25.7 Å². The first-order valence-corrected chi connectivity index (χ1v) is 40.2. The maximum atomic E-state index is 13.0. The molecule has 19 heteroatoms. The Morgan fingerprint density at radius 1 is 0.359 bits per heavy atom. The molecule has 0 fully saturated rings. The topological polar surface area (TPSA) is 237 Å². The van der Waals surface area contributed by atoms with E-state index in [4.69, 9.17) is 37.0 Å². The second kappa shape index (κ2) is 63.3. The number of carbonyl (C=O) groups is 4. The first-order valence-electron chi connectivity index (χ1n) is 37.2. The van der Waals surface area contributed by atoms with Crippen LogP contribution in [-0.4, -0.2) is 96.7 Å². The van der Waals surface area contributed by atoms with Crippen LogP contribution in [-0.2, 0) is 65.4 Å². The number of esters is 4. The third-order valence-corrected chi connectivity index (χ3v) is 18.5. The molecule has 0 bridgehead atoms. The number of rotatable bonds is 69. The van der Waals surface area contributed by atoms with Crippen LogP contribution in [0, 0.1) is 17.8 Å². The van der Waals surface area contributed by atoms with E-state index in [2.05, 4.69) is 72.8 Å². The van der Waals surface area contributed by atoms with Crippen molar-refractivity contribution in [1.29, 1.82) is 0 Å². The highest BCUT2D eigenvalue weighted by atomic mass is 31.2. The first-order chi connectivity index (χ1) is 44.3. The molecule has 0 aliphatic carbocycles. The van der Waals surface area contributed by atoms with Crippen LogP contribution in [0.15, 0.2) is 24.3 Å². The van der Waals surface area contributed by atoms with Gasteiger partial charge < -0.3 is 33.8 Å². The normalized spacial score (nSPS) is 14.6. The second-order valence-corrected chi connectivity index (χ2v) is 29.7. The van der Waals surface area contributed by atoms with Crippen molar-refractivity contribution in [1.82, 2.24) is 0 Å². The Morgan fingerprint density at radius 2 is 0.641 bits per heavy atom. The van der Waals surface area contributed by atoms with Gasteiger partial charge in [-0.2, -0.15) is 0 Å². The molecule has 4 unspecified atom stereocenters. The van der Waals surface area contributed by atoms with Crippen molar-refractivity contribution in [2.45, 2.75) is 362 Å². The molecule has 0 heterocycles. The fourth-order valence-electron chi connectivity index (χ4n) is 10.5. The van der Waals surface area contributed by atoms with E-state index in [-0.39, 0.29) is 25.7 Å². The van der Waals surface area contributed by atoms with Gasteiger partial charge in [-0.1, -0.05) is 291 Å². The minimum atomic E-state index is -4.96. The minimum absolute atomic E-state index is 0.0846. The third kappa shape index (κ3) is 64.9. The monoisotopic (exact) mass is 1350 g/mol. The largest absolute Gasteiger partial charge is 0.472 e. The lowest BCUT2D eigenvalue weighted by Crippen LogP contribution is -2.30. The molecule has 0 spiro atoms. The van der Waals surface area contributed by atoms with Gasteiger partial charge in [0.1, 0.15) is 19.3 Å². The van der Waals surface area contributed by atoms with Crippen LogP contribution >= 0.6 is 15.6 Å². The molecular formula is C73H138O17P2. The Hall–Kier alpha value is -2.46. The van der Waals surface area contributed by atoms with E-state index in [1.54, 1.807) is 0 Å². The highest BCUT2D eigenvalue weighted by Crippen LogP contribution is 2.45. The summed E-state index contributed by atoms with van der Waals surface area (Å²) in [7, 11) is -9.92. The molecule has 0 aliphatic heterocycles. The molecule has 0 radical (unpaired) electrons. The van der Waals surface area contributed by atoms with Crippen LogP contribution in [0.2, 0.25) is 0 Å². The molecule has 0 saturated heterocycles. The summed E-state index contributed by atoms with van der Waals surface area (Å²) in [5.74, 6) is 0.0759. The van der Waals surface area contributed by atoms with Crippen molar-refractivity contribution in [3.8, 4) is 0 Å². The zero-order chi connectivity index (χ0) is 68.0. The third-order valence-electron chi connectivity index (χ3n) is 16.6. The fourth-order valence-corrected chi connectivity index (χ4v) is 12.1. The van der Waals surface area contributed by atoms with Crippen molar-refractivity contribution in [3.63, 3.8) is 0 Å². The van der Waals surface area contributed by atoms with E-state index in [0.717, 1.165) is 120 Å². The minimum Gasteiger partial charge on any atom is -0.462 e. The fraction of sp³-hybridized carbons (Fsp3) is 0.890. The molecule has 3 N–H and O–H groups in total. The van der Waals surface area contributed by atoms with Crippen molar-refractivity contribution >= 4 is 39.5 Å². The van der Waals surface area contributed by atoms with Crippen molar-refractivity contribution in [2.75, 3.05) is 39.6 Å². The molecule has 0 aliphatic rings. The molecule has 0 aromatic heterocycles. The quantitative estimate of drug-likeness (QED) is 0.0169. The van der Waals surface area contributed by atoms with Gasteiger partial charge in [0.05, 0.1) is 26.4 Å². The van der Waals surface area contributed by atoms with Crippen LogP contribution in [0.1, 0.15) is 344 Å². The Bertz CT molecular complexity index is 1900. The van der Waals surface area contributed by atoms with Crippen LogP contribution in [0.4, 0.5) is 0 Å². The van der Waals surface area contributed by atoms with Crippen LogP contribution in [0.25, 0.3) is 0 Å². The van der Waals surface area contributed by atoms with E-state index >= 15 is 0 Å². The summed E-state index contributed by atoms with van der Waals surface area (Å²) >= 11 is 0. The van der Waals surface area contributed by atoms with E-state index in [1.807, 2.05) is 0 Å². The lowest BCUT2D eigenvalue weighted by Gasteiger charge is -2.21. The van der Waals surface area contributed by atoms with E-state index in [0.29, 0.717) is 25.7 Å². The summed E-state index contributed by atoms with van der Waals surface area (Å²) in [6.07, 6.45) is 50.9. The SMILES string of the molecule is CCCCCC/C=C\C=C/CCCCCCCC(=O)O[C@H](COC(=O)CCCCCCCCCCCCCCCC(C)C)COP(=O)(O)OCC(O)COP(=O)(O)OC[C@@H](COC(=O)CCCCCCCCCCC(C)C)OC(=O)CCCCCCCCC(C)CC. The Morgan fingerprint density at radius 3 is 0.967 bits per heavy atom. The van der Waals surface area contributed by atoms with E-state index in [9.17, 15) is 43.2 Å². The molecule has 0 saturated carbocycles. The molecule has 6 atom stereocenters. The molecule has 0 aromatic carbocycles. The van der Waals surface area contributed by atoms with Gasteiger partial charge in [-0.15, -0.1) is 0 Å². The van der Waals surface area contributed by atoms with Crippen LogP contribution in [0.5, 0.6) is 0 Å². The maximum Gasteiger partial charge on any atom is 0.472 e. The van der Waals surface area contributed by atoms with Gasteiger partial charge in [0.15, 0.2) is 12.2 Å². The Balaban J connectivity index is 5.28. The van der Waals surface area contributed by atoms with Crippen molar-refractivity contribution in [2.24, 2.45) is 17.8 Å². The zero-order valence-electron chi connectivity index (χ0n) is 59.5. The van der Waals surface area contributed by atoms with E-state index < -0.39 is 97.5 Å². The Kier molecular flexibility index (Phi) is 61.6. The number of hydrogen-bond acceptors (Lipinski definition) is 15. The number of phosphoric ester groups is 2. The zero-order valence-corrected chi connectivity index (χ0v) is 61.3. The average molecular weight is 1350 g/mol. The molecular weight excluding hydrogens is 1210 g/mol. The summed E-state index contributed by atoms with van der Waals surface area (Å²) < 4.78 is 68.3. The lowest BCUT2D eigenvalue weighted by molar-refractivity contribution is -0.161. The van der Waals surface area contributed by atoms with Gasteiger partial charge in [-0.05, 0) is 69.1 Å². The smallest absolute Gasteiger partial charge is 0.462 e. The molecule has 0 rings (SSSR count). The number of aliphatic hydroxyl groups is 1. The van der Waals surface area contributed by atoms with Gasteiger partial charge in [-0.3, -0.25) is 37.3 Å².